The molecule has 0 heterocycles. The molecule has 3 N–H and O–H groups in total. The van der Waals surface area contributed by atoms with Crippen LogP contribution in [0.4, 0.5) is 4.79 Å². The lowest BCUT2D eigenvalue weighted by Gasteiger charge is -2.11. The van der Waals surface area contributed by atoms with E-state index in [9.17, 15) is 9.59 Å². The third kappa shape index (κ3) is 7.39. The number of carboxylic acid groups (broad SMARTS) is 1. The van der Waals surface area contributed by atoms with E-state index in [1.54, 1.807) is 18.7 Å². The van der Waals surface area contributed by atoms with Gasteiger partial charge in [-0.2, -0.15) is 11.8 Å². The smallest absolute Gasteiger partial charge is 0.314 e. The van der Waals surface area contributed by atoms with Gasteiger partial charge in [0.15, 0.2) is 0 Å². The summed E-state index contributed by atoms with van der Waals surface area (Å²) in [5, 5.41) is 14.3. The number of carbonyl (C=O) groups excluding carboxylic acids is 1. The minimum Gasteiger partial charge on any atom is -0.481 e. The molecule has 0 aliphatic heterocycles. The molecule has 0 rings (SSSR count). The largest absolute Gasteiger partial charge is 0.481 e. The summed E-state index contributed by atoms with van der Waals surface area (Å²) >= 11 is 1.68. The van der Waals surface area contributed by atoms with Crippen molar-refractivity contribution in [3.8, 4) is 0 Å². The molecule has 6 heteroatoms. The fraction of sp³-hybridized carbons (Fsp3) is 0.800. The maximum Gasteiger partial charge on any atom is 0.314 e. The van der Waals surface area contributed by atoms with Crippen molar-refractivity contribution in [3.63, 3.8) is 0 Å². The summed E-state index contributed by atoms with van der Waals surface area (Å²) in [5.41, 5.74) is 0. The van der Waals surface area contributed by atoms with Crippen molar-refractivity contribution in [2.75, 3.05) is 19.3 Å². The molecule has 2 amide bonds. The Morgan fingerprint density at radius 3 is 2.44 bits per heavy atom. The SMILES string of the molecule is CSC(C)CNC(=O)NCCC(C)C(=O)O. The Bertz CT molecular complexity index is 236. The van der Waals surface area contributed by atoms with Gasteiger partial charge in [-0.15, -0.1) is 0 Å². The molecule has 2 unspecified atom stereocenters. The highest BCUT2D eigenvalue weighted by Gasteiger charge is 2.10. The Kier molecular flexibility index (Phi) is 7.80. The predicted molar refractivity (Wildman–Crippen MR) is 65.8 cm³/mol. The Balaban J connectivity index is 3.55. The van der Waals surface area contributed by atoms with Crippen LogP contribution in [-0.2, 0) is 4.79 Å². The van der Waals surface area contributed by atoms with Crippen LogP contribution in [0.2, 0.25) is 0 Å². The number of rotatable bonds is 7. The van der Waals surface area contributed by atoms with E-state index in [0.717, 1.165) is 0 Å². The van der Waals surface area contributed by atoms with Crippen molar-refractivity contribution in [2.45, 2.75) is 25.5 Å². The third-order valence-electron chi connectivity index (χ3n) is 2.24. The van der Waals surface area contributed by atoms with E-state index in [-0.39, 0.29) is 6.03 Å². The first kappa shape index (κ1) is 15.1. The molecule has 0 radical (unpaired) electrons. The van der Waals surface area contributed by atoms with Gasteiger partial charge in [-0.3, -0.25) is 4.79 Å². The number of urea groups is 1. The molecule has 16 heavy (non-hydrogen) atoms. The van der Waals surface area contributed by atoms with Gasteiger partial charge in [-0.25, -0.2) is 4.79 Å². The maximum atomic E-state index is 11.2. The average Bonchev–Trinajstić information content (AvgIpc) is 2.25. The van der Waals surface area contributed by atoms with Crippen LogP contribution in [0, 0.1) is 5.92 Å². The second-order valence-electron chi connectivity index (χ2n) is 3.71. The van der Waals surface area contributed by atoms with Crippen LogP contribution in [0.15, 0.2) is 0 Å². The van der Waals surface area contributed by atoms with Gasteiger partial charge in [0.2, 0.25) is 0 Å². The molecule has 0 aliphatic rings. The number of nitrogens with one attached hydrogen (secondary N) is 2. The molecule has 0 aromatic carbocycles. The zero-order valence-corrected chi connectivity index (χ0v) is 10.8. The molecule has 0 fully saturated rings. The Labute approximate surface area is 100 Å². The van der Waals surface area contributed by atoms with Gasteiger partial charge in [0.25, 0.3) is 0 Å². The summed E-state index contributed by atoms with van der Waals surface area (Å²) in [6.45, 7) is 4.64. The van der Waals surface area contributed by atoms with Crippen molar-refractivity contribution in [2.24, 2.45) is 5.92 Å². The summed E-state index contributed by atoms with van der Waals surface area (Å²) < 4.78 is 0. The van der Waals surface area contributed by atoms with E-state index in [1.165, 1.54) is 0 Å². The van der Waals surface area contributed by atoms with Gasteiger partial charge in [0, 0.05) is 18.3 Å². The fourth-order valence-electron chi connectivity index (χ4n) is 0.908. The Morgan fingerprint density at radius 1 is 1.31 bits per heavy atom. The van der Waals surface area contributed by atoms with Crippen LogP contribution in [0.5, 0.6) is 0 Å². The maximum absolute atomic E-state index is 11.2. The number of hydrogen-bond acceptors (Lipinski definition) is 3. The van der Waals surface area contributed by atoms with E-state index in [2.05, 4.69) is 10.6 Å². The van der Waals surface area contributed by atoms with Gasteiger partial charge in [0.1, 0.15) is 0 Å². The van der Waals surface area contributed by atoms with Crippen molar-refractivity contribution in [1.82, 2.24) is 10.6 Å². The van der Waals surface area contributed by atoms with Crippen LogP contribution in [0.25, 0.3) is 0 Å². The zero-order chi connectivity index (χ0) is 12.6. The van der Waals surface area contributed by atoms with Crippen molar-refractivity contribution in [1.29, 1.82) is 0 Å². The van der Waals surface area contributed by atoms with Crippen molar-refractivity contribution >= 4 is 23.8 Å². The molecule has 0 aromatic rings. The minimum absolute atomic E-state index is 0.238. The van der Waals surface area contributed by atoms with Gasteiger partial charge < -0.3 is 15.7 Å². The minimum atomic E-state index is -0.835. The highest BCUT2D eigenvalue weighted by molar-refractivity contribution is 7.99. The Morgan fingerprint density at radius 2 is 1.94 bits per heavy atom. The van der Waals surface area contributed by atoms with Crippen LogP contribution in [-0.4, -0.2) is 41.7 Å². The lowest BCUT2D eigenvalue weighted by Crippen LogP contribution is -2.39. The first-order valence-electron chi connectivity index (χ1n) is 5.24. The molecule has 0 aliphatic carbocycles. The summed E-state index contributed by atoms with van der Waals surface area (Å²) in [5.74, 6) is -1.26. The van der Waals surface area contributed by atoms with Crippen LogP contribution in [0.3, 0.4) is 0 Å². The number of hydrogen-bond donors (Lipinski definition) is 3. The summed E-state index contributed by atoms with van der Waals surface area (Å²) in [6.07, 6.45) is 2.43. The number of carbonyl (C=O) groups is 2. The topological polar surface area (TPSA) is 78.4 Å². The molecule has 0 bridgehead atoms. The lowest BCUT2D eigenvalue weighted by molar-refractivity contribution is -0.141. The normalized spacial score (nSPS) is 13.9. The monoisotopic (exact) mass is 248 g/mol. The zero-order valence-electron chi connectivity index (χ0n) is 9.95. The second-order valence-corrected chi connectivity index (χ2v) is 4.99. The Hall–Kier alpha value is -0.910. The second kappa shape index (κ2) is 8.27. The van der Waals surface area contributed by atoms with E-state index in [4.69, 9.17) is 5.11 Å². The molecular formula is C10H20N2O3S. The number of carboxylic acids is 1. The quantitative estimate of drug-likeness (QED) is 0.631. The molecular weight excluding hydrogens is 228 g/mol. The number of thioether (sulfide) groups is 1. The van der Waals surface area contributed by atoms with Crippen LogP contribution in [0.1, 0.15) is 20.3 Å². The van der Waals surface area contributed by atoms with E-state index in [0.29, 0.717) is 24.8 Å². The first-order valence-corrected chi connectivity index (χ1v) is 6.53. The number of amides is 2. The van der Waals surface area contributed by atoms with Crippen LogP contribution >= 0.6 is 11.8 Å². The molecule has 0 saturated heterocycles. The van der Waals surface area contributed by atoms with Gasteiger partial charge in [-0.05, 0) is 12.7 Å². The predicted octanol–water partition coefficient (Wildman–Crippen LogP) is 1.15. The summed E-state index contributed by atoms with van der Waals surface area (Å²) in [7, 11) is 0. The standard InChI is InChI=1S/C10H20N2O3S/c1-7(9(13)14)4-5-11-10(15)12-6-8(2)16-3/h7-8H,4-6H2,1-3H3,(H,13,14)(H2,11,12,15). The fourth-order valence-corrected chi connectivity index (χ4v) is 1.16. The molecule has 5 nitrogen and oxygen atoms in total. The van der Waals surface area contributed by atoms with E-state index < -0.39 is 11.9 Å². The lowest BCUT2D eigenvalue weighted by atomic mass is 10.1. The van der Waals surface area contributed by atoms with Crippen LogP contribution < -0.4 is 10.6 Å². The highest BCUT2D eigenvalue weighted by atomic mass is 32.2. The first-order chi connectivity index (χ1) is 7.47. The van der Waals surface area contributed by atoms with Gasteiger partial charge in [-0.1, -0.05) is 13.8 Å². The molecule has 94 valence electrons. The third-order valence-corrected chi connectivity index (χ3v) is 3.21. The molecule has 0 spiro atoms. The molecule has 0 aromatic heterocycles. The summed E-state index contributed by atoms with van der Waals surface area (Å²) in [6, 6.07) is -0.238. The molecule has 0 saturated carbocycles. The van der Waals surface area contributed by atoms with Gasteiger partial charge in [0.05, 0.1) is 5.92 Å². The van der Waals surface area contributed by atoms with Crippen molar-refractivity contribution in [3.05, 3.63) is 0 Å². The molecule has 2 atom stereocenters. The summed E-state index contributed by atoms with van der Waals surface area (Å²) in [4.78, 5) is 21.7. The van der Waals surface area contributed by atoms with Gasteiger partial charge >= 0.3 is 12.0 Å². The van der Waals surface area contributed by atoms with E-state index >= 15 is 0 Å². The number of aliphatic carboxylic acids is 1. The van der Waals surface area contributed by atoms with Crippen molar-refractivity contribution < 1.29 is 14.7 Å². The highest BCUT2D eigenvalue weighted by Crippen LogP contribution is 2.02. The van der Waals surface area contributed by atoms with E-state index in [1.807, 2.05) is 13.2 Å². The average molecular weight is 248 g/mol.